The number of unbranched alkanes of at least 4 members (excludes halogenated alkanes) is 8. The zero-order chi connectivity index (χ0) is 39.5. The minimum Gasteiger partial charge on any atom is -0.756 e. The molecule has 0 rings (SSSR count). The third kappa shape index (κ3) is 37.5. The number of aliphatic hydroxyl groups is 1. The van der Waals surface area contributed by atoms with E-state index >= 15 is 0 Å². The van der Waals surface area contributed by atoms with Gasteiger partial charge in [-0.2, -0.15) is 0 Å². The van der Waals surface area contributed by atoms with E-state index in [1.165, 1.54) is 12.8 Å². The smallest absolute Gasteiger partial charge is 0.306 e. The van der Waals surface area contributed by atoms with Gasteiger partial charge in [0.2, 0.25) is 0 Å². The van der Waals surface area contributed by atoms with Crippen LogP contribution < -0.4 is 4.89 Å². The van der Waals surface area contributed by atoms with E-state index < -0.39 is 38.6 Å². The van der Waals surface area contributed by atoms with Crippen LogP contribution in [0.3, 0.4) is 0 Å². The maximum absolute atomic E-state index is 12.6. The van der Waals surface area contributed by atoms with Crippen molar-refractivity contribution in [2.24, 2.45) is 0 Å². The van der Waals surface area contributed by atoms with Crippen LogP contribution in [0.4, 0.5) is 0 Å². The van der Waals surface area contributed by atoms with E-state index in [1.54, 1.807) is 0 Å². The van der Waals surface area contributed by atoms with Gasteiger partial charge in [0, 0.05) is 12.8 Å². The maximum Gasteiger partial charge on any atom is 0.306 e. The molecule has 304 valence electrons. The number of carbonyl (C=O) groups is 2. The van der Waals surface area contributed by atoms with Crippen LogP contribution in [0.1, 0.15) is 123 Å². The number of aliphatic hydroxyl groups excluding tert-OH is 1. The van der Waals surface area contributed by atoms with E-state index in [2.05, 4.69) is 31.2 Å². The highest BCUT2D eigenvalue weighted by atomic mass is 31.2. The molecule has 0 aromatic carbocycles. The second-order valence-electron chi connectivity index (χ2n) is 14.1. The number of phosphoric ester groups is 1. The van der Waals surface area contributed by atoms with Gasteiger partial charge in [-0.3, -0.25) is 14.2 Å². The van der Waals surface area contributed by atoms with Crippen molar-refractivity contribution in [3.63, 3.8) is 0 Å². The van der Waals surface area contributed by atoms with Crippen LogP contribution in [0.25, 0.3) is 0 Å². The Balaban J connectivity index is 4.56. The Kier molecular flexibility index (Phi) is 32.3. The lowest BCUT2D eigenvalue weighted by molar-refractivity contribution is -0.870. The van der Waals surface area contributed by atoms with Crippen molar-refractivity contribution in [3.8, 4) is 0 Å². The minimum atomic E-state index is -4.65. The van der Waals surface area contributed by atoms with E-state index in [1.807, 2.05) is 76.7 Å². The van der Waals surface area contributed by atoms with E-state index in [-0.39, 0.29) is 26.1 Å². The first kappa shape index (κ1) is 50.4. The Morgan fingerprint density at radius 2 is 1.32 bits per heavy atom. The Morgan fingerprint density at radius 3 is 2.04 bits per heavy atom. The summed E-state index contributed by atoms with van der Waals surface area (Å²) in [6.45, 7) is 3.82. The van der Waals surface area contributed by atoms with Crippen LogP contribution in [0.2, 0.25) is 0 Å². The van der Waals surface area contributed by atoms with Crippen LogP contribution in [-0.4, -0.2) is 81.2 Å². The Hall–Kier alpha value is -2.59. The molecular formula is C42H72NO9P. The Morgan fingerprint density at radius 1 is 0.717 bits per heavy atom. The highest BCUT2D eigenvalue weighted by Gasteiger charge is 2.21. The van der Waals surface area contributed by atoms with Crippen molar-refractivity contribution in [2.45, 2.75) is 135 Å². The number of allylic oxidation sites excluding steroid dienone is 10. The van der Waals surface area contributed by atoms with E-state index in [0.717, 1.165) is 57.8 Å². The van der Waals surface area contributed by atoms with Gasteiger partial charge in [-0.05, 0) is 64.2 Å². The molecular weight excluding hydrogens is 693 g/mol. The third-order valence-corrected chi connectivity index (χ3v) is 8.75. The number of rotatable bonds is 34. The summed E-state index contributed by atoms with van der Waals surface area (Å²) in [5.41, 5.74) is 0. The molecule has 0 heterocycles. The zero-order valence-electron chi connectivity index (χ0n) is 33.5. The van der Waals surface area contributed by atoms with Gasteiger partial charge in [0.15, 0.2) is 6.10 Å². The first-order valence-corrected chi connectivity index (χ1v) is 21.2. The fourth-order valence-corrected chi connectivity index (χ4v) is 5.36. The molecule has 0 aliphatic carbocycles. The number of esters is 2. The normalized spacial score (nSPS) is 15.1. The molecule has 0 spiro atoms. The third-order valence-electron chi connectivity index (χ3n) is 7.79. The first-order chi connectivity index (χ1) is 25.4. The quantitative estimate of drug-likeness (QED) is 0.0170. The fraction of sp³-hybridized carbons (Fsp3) is 0.667. The number of likely N-dealkylation sites (N-methyl/N-ethyl adjacent to an activating group) is 1. The summed E-state index contributed by atoms with van der Waals surface area (Å²) in [5.74, 6) is -0.948. The standard InChI is InChI=1S/C42H72NO9P/c1-6-8-10-11-12-13-16-21-24-27-30-34-42(46)52-40(38-51-53(47,48)50-36-35-43(3,4)5)37-49-41(45)33-29-26-23-20-18-15-14-17-19-22-25-28-32-39(44)31-9-7-2/h9,11-12,14-15,19-20,22-23,25,28,31,39-40,44H,6-8,10,13,16-18,21,24,26-27,29-30,32-38H2,1-5H3/b12-11-,15-14-,22-19-,23-20-,28-25+,31-9-/t39?,40-/m1/s1. The van der Waals surface area contributed by atoms with Gasteiger partial charge in [-0.15, -0.1) is 0 Å². The molecule has 10 nitrogen and oxygen atoms in total. The molecule has 53 heavy (non-hydrogen) atoms. The zero-order valence-corrected chi connectivity index (χ0v) is 34.4. The van der Waals surface area contributed by atoms with Crippen molar-refractivity contribution in [1.82, 2.24) is 0 Å². The predicted molar refractivity (Wildman–Crippen MR) is 214 cm³/mol. The highest BCUT2D eigenvalue weighted by molar-refractivity contribution is 7.45. The van der Waals surface area contributed by atoms with Crippen molar-refractivity contribution in [3.05, 3.63) is 72.9 Å². The van der Waals surface area contributed by atoms with Crippen LogP contribution >= 0.6 is 7.82 Å². The number of quaternary nitrogens is 1. The predicted octanol–water partition coefficient (Wildman–Crippen LogP) is 9.02. The van der Waals surface area contributed by atoms with Crippen molar-refractivity contribution >= 4 is 19.8 Å². The van der Waals surface area contributed by atoms with Crippen LogP contribution in [0, 0.1) is 0 Å². The van der Waals surface area contributed by atoms with Crippen molar-refractivity contribution in [1.29, 1.82) is 0 Å². The van der Waals surface area contributed by atoms with Crippen LogP contribution in [-0.2, 0) is 32.7 Å². The number of hydrogen-bond donors (Lipinski definition) is 1. The Bertz CT molecular complexity index is 1150. The fourth-order valence-electron chi connectivity index (χ4n) is 4.63. The molecule has 3 atom stereocenters. The second kappa shape index (κ2) is 33.9. The molecule has 0 aromatic heterocycles. The molecule has 1 N–H and O–H groups in total. The van der Waals surface area contributed by atoms with Crippen LogP contribution in [0.15, 0.2) is 72.9 Å². The number of nitrogens with zero attached hydrogens (tertiary/aromatic N) is 1. The Labute approximate surface area is 321 Å². The average Bonchev–Trinajstić information content (AvgIpc) is 3.10. The lowest BCUT2D eigenvalue weighted by Gasteiger charge is -2.28. The molecule has 0 saturated heterocycles. The molecule has 0 bridgehead atoms. The van der Waals surface area contributed by atoms with Gasteiger partial charge in [-0.25, -0.2) is 0 Å². The highest BCUT2D eigenvalue weighted by Crippen LogP contribution is 2.38. The second-order valence-corrected chi connectivity index (χ2v) is 15.5. The minimum absolute atomic E-state index is 0.0520. The van der Waals surface area contributed by atoms with Gasteiger partial charge in [0.25, 0.3) is 7.82 Å². The summed E-state index contributed by atoms with van der Waals surface area (Å²) in [7, 11) is 1.09. The molecule has 0 radical (unpaired) electrons. The number of phosphoric acid groups is 1. The molecule has 0 amide bonds. The summed E-state index contributed by atoms with van der Waals surface area (Å²) < 4.78 is 33.6. The monoisotopic (exact) mass is 765 g/mol. The molecule has 0 aliphatic heterocycles. The number of carbonyl (C=O) groups excluding carboxylic acids is 2. The summed E-state index contributed by atoms with van der Waals surface area (Å²) in [6, 6.07) is 0. The first-order valence-electron chi connectivity index (χ1n) is 19.8. The largest absolute Gasteiger partial charge is 0.756 e. The molecule has 0 aliphatic rings. The van der Waals surface area contributed by atoms with Gasteiger partial charge in [-0.1, -0.05) is 119 Å². The van der Waals surface area contributed by atoms with Gasteiger partial charge in [0.05, 0.1) is 33.9 Å². The molecule has 0 fully saturated rings. The molecule has 2 unspecified atom stereocenters. The van der Waals surface area contributed by atoms with E-state index in [4.69, 9.17) is 18.5 Å². The summed E-state index contributed by atoms with van der Waals surface area (Å²) in [4.78, 5) is 37.3. The van der Waals surface area contributed by atoms with Crippen LogP contribution in [0.5, 0.6) is 0 Å². The number of ether oxygens (including phenoxy) is 2. The van der Waals surface area contributed by atoms with Crippen molar-refractivity contribution < 1.29 is 47.2 Å². The average molecular weight is 766 g/mol. The number of hydrogen-bond acceptors (Lipinski definition) is 9. The lowest BCUT2D eigenvalue weighted by atomic mass is 10.1. The maximum atomic E-state index is 12.6. The summed E-state index contributed by atoms with van der Waals surface area (Å²) in [5, 5.41) is 9.75. The van der Waals surface area contributed by atoms with Gasteiger partial charge in [0.1, 0.15) is 19.8 Å². The van der Waals surface area contributed by atoms with Gasteiger partial charge >= 0.3 is 11.9 Å². The summed E-state index contributed by atoms with van der Waals surface area (Å²) >= 11 is 0. The summed E-state index contributed by atoms with van der Waals surface area (Å²) in [6.07, 6.45) is 37.1. The SMILES string of the molecule is CC/C=C\C(O)C/C=C/C=C\C/C=C\C/C=C\CCCC(=O)OC[C@H](COP(=O)([O-])OCC[N+](C)(C)C)OC(=O)CCCCCCC/C=C\CCCC. The van der Waals surface area contributed by atoms with Gasteiger partial charge < -0.3 is 33.0 Å². The van der Waals surface area contributed by atoms with E-state index in [9.17, 15) is 24.2 Å². The topological polar surface area (TPSA) is 131 Å². The van der Waals surface area contributed by atoms with Crippen molar-refractivity contribution in [2.75, 3.05) is 47.5 Å². The molecule has 0 aromatic rings. The lowest BCUT2D eigenvalue weighted by Crippen LogP contribution is -2.37. The molecule has 0 saturated carbocycles. The van der Waals surface area contributed by atoms with E-state index in [0.29, 0.717) is 36.7 Å². The molecule has 11 heteroatoms.